The Balaban J connectivity index is 1.60. The van der Waals surface area contributed by atoms with E-state index in [2.05, 4.69) is 32.9 Å². The lowest BCUT2D eigenvalue weighted by molar-refractivity contribution is -0.384. The molecule has 8 nitrogen and oxygen atoms in total. The topological polar surface area (TPSA) is 99.6 Å². The van der Waals surface area contributed by atoms with Crippen LogP contribution in [0, 0.1) is 10.1 Å². The molecule has 0 saturated carbocycles. The molecular weight excluding hydrogens is 583 g/mol. The van der Waals surface area contributed by atoms with Crippen molar-refractivity contribution in [2.45, 2.75) is 32.8 Å². The third kappa shape index (κ3) is 6.36. The number of aryl methyl sites for hydroxylation is 1. The van der Waals surface area contributed by atoms with Crippen molar-refractivity contribution in [2.24, 2.45) is 5.10 Å². The zero-order valence-electron chi connectivity index (χ0n) is 19.7. The molecule has 190 valence electrons. The summed E-state index contributed by atoms with van der Waals surface area (Å²) in [5, 5.41) is 16.2. The van der Waals surface area contributed by atoms with Gasteiger partial charge >= 0.3 is 0 Å². The number of nitrogens with zero attached hydrogens (tertiary/aromatic N) is 4. The van der Waals surface area contributed by atoms with E-state index >= 15 is 0 Å². The standard InChI is InChI=1S/C26H21BrCl2N4O4/c1-2-3-4-24-31-23-10-7-18(27)13-20(23)26(34)32(24)30-14-17-11-21(28)25(22(29)12-17)37-15-16-5-8-19(9-6-16)33(35)36/h5-14H,2-4,15H2,1H3. The van der Waals surface area contributed by atoms with Crippen LogP contribution in [-0.2, 0) is 13.0 Å². The molecule has 1 aromatic heterocycles. The lowest BCUT2D eigenvalue weighted by atomic mass is 10.2. The molecule has 0 saturated heterocycles. The average molecular weight is 604 g/mol. The largest absolute Gasteiger partial charge is 0.486 e. The zero-order valence-corrected chi connectivity index (χ0v) is 22.8. The number of ether oxygens (including phenoxy) is 1. The van der Waals surface area contributed by atoms with Crippen molar-refractivity contribution in [1.82, 2.24) is 9.66 Å². The number of hydrogen-bond donors (Lipinski definition) is 0. The van der Waals surface area contributed by atoms with Crippen molar-refractivity contribution in [3.63, 3.8) is 0 Å². The number of unbranched alkanes of at least 4 members (excludes halogenated alkanes) is 1. The van der Waals surface area contributed by atoms with Crippen molar-refractivity contribution < 1.29 is 9.66 Å². The highest BCUT2D eigenvalue weighted by Crippen LogP contribution is 2.34. The van der Waals surface area contributed by atoms with Gasteiger partial charge in [-0.05, 0) is 60.0 Å². The van der Waals surface area contributed by atoms with E-state index in [-0.39, 0.29) is 33.6 Å². The molecular formula is C26H21BrCl2N4O4. The smallest absolute Gasteiger partial charge is 0.282 e. The third-order valence-corrected chi connectivity index (χ3v) is 6.56. The third-order valence-electron chi connectivity index (χ3n) is 5.50. The number of nitro benzene ring substituents is 1. The summed E-state index contributed by atoms with van der Waals surface area (Å²) in [6.45, 7) is 2.19. The second kappa shape index (κ2) is 11.9. The first-order valence-corrected chi connectivity index (χ1v) is 12.9. The van der Waals surface area contributed by atoms with Crippen molar-refractivity contribution in [2.75, 3.05) is 0 Å². The summed E-state index contributed by atoms with van der Waals surface area (Å²) >= 11 is 16.3. The molecule has 0 radical (unpaired) electrons. The Labute approximate surface area is 230 Å². The van der Waals surface area contributed by atoms with Gasteiger partial charge in [-0.3, -0.25) is 14.9 Å². The van der Waals surface area contributed by atoms with E-state index in [1.807, 2.05) is 6.07 Å². The Morgan fingerprint density at radius 1 is 1.14 bits per heavy atom. The minimum atomic E-state index is -0.466. The molecule has 3 aromatic carbocycles. The zero-order chi connectivity index (χ0) is 26.5. The molecule has 37 heavy (non-hydrogen) atoms. The number of aromatic nitrogens is 2. The van der Waals surface area contributed by atoms with Crippen molar-refractivity contribution in [1.29, 1.82) is 0 Å². The van der Waals surface area contributed by atoms with Gasteiger partial charge in [0.05, 0.1) is 32.1 Å². The monoisotopic (exact) mass is 602 g/mol. The molecule has 1 heterocycles. The minimum absolute atomic E-state index is 0.00494. The highest BCUT2D eigenvalue weighted by atomic mass is 79.9. The van der Waals surface area contributed by atoms with Crippen LogP contribution in [0.2, 0.25) is 10.0 Å². The predicted octanol–water partition coefficient (Wildman–Crippen LogP) is 7.18. The molecule has 0 spiro atoms. The van der Waals surface area contributed by atoms with Crippen LogP contribution < -0.4 is 10.3 Å². The molecule has 0 aliphatic rings. The van der Waals surface area contributed by atoms with E-state index in [4.69, 9.17) is 27.9 Å². The van der Waals surface area contributed by atoms with Gasteiger partial charge in [0.2, 0.25) is 0 Å². The van der Waals surface area contributed by atoms with E-state index in [9.17, 15) is 14.9 Å². The first-order valence-electron chi connectivity index (χ1n) is 11.4. The Kier molecular flexibility index (Phi) is 8.58. The molecule has 0 fully saturated rings. The van der Waals surface area contributed by atoms with Crippen molar-refractivity contribution in [3.8, 4) is 5.75 Å². The molecule has 0 N–H and O–H groups in total. The summed E-state index contributed by atoms with van der Waals surface area (Å²) in [7, 11) is 0. The van der Waals surface area contributed by atoms with Gasteiger partial charge < -0.3 is 4.74 Å². The summed E-state index contributed by atoms with van der Waals surface area (Å²) in [6.07, 6.45) is 3.92. The SMILES string of the molecule is CCCCc1nc2ccc(Br)cc2c(=O)n1N=Cc1cc(Cl)c(OCc2ccc([N+](=O)[O-])cc2)c(Cl)c1. The Morgan fingerprint density at radius 2 is 1.84 bits per heavy atom. The molecule has 0 aliphatic heterocycles. The number of nitro groups is 1. The van der Waals surface area contributed by atoms with Crippen LogP contribution in [0.5, 0.6) is 5.75 Å². The van der Waals surface area contributed by atoms with Crippen LogP contribution in [0.3, 0.4) is 0 Å². The van der Waals surface area contributed by atoms with E-state index in [0.29, 0.717) is 28.7 Å². The van der Waals surface area contributed by atoms with Gasteiger partial charge in [0, 0.05) is 23.0 Å². The van der Waals surface area contributed by atoms with Crippen molar-refractivity contribution >= 4 is 61.9 Å². The number of rotatable bonds is 9. The molecule has 0 aliphatic carbocycles. The van der Waals surface area contributed by atoms with Crippen LogP contribution in [0.25, 0.3) is 10.9 Å². The molecule has 4 aromatic rings. The second-order valence-electron chi connectivity index (χ2n) is 8.18. The Bertz CT molecular complexity index is 1530. The molecule has 0 unspecified atom stereocenters. The summed E-state index contributed by atoms with van der Waals surface area (Å²) in [4.78, 5) is 28.2. The van der Waals surface area contributed by atoms with E-state index in [1.54, 1.807) is 36.4 Å². The van der Waals surface area contributed by atoms with Crippen LogP contribution in [-0.4, -0.2) is 20.8 Å². The number of halogens is 3. The van der Waals surface area contributed by atoms with E-state index in [1.165, 1.54) is 23.0 Å². The molecule has 0 amide bonds. The van der Waals surface area contributed by atoms with Crippen LogP contribution in [0.1, 0.15) is 36.7 Å². The van der Waals surface area contributed by atoms with Crippen LogP contribution >= 0.6 is 39.1 Å². The maximum Gasteiger partial charge on any atom is 0.282 e. The quantitative estimate of drug-likeness (QED) is 0.115. The minimum Gasteiger partial charge on any atom is -0.486 e. The summed E-state index contributed by atoms with van der Waals surface area (Å²) < 4.78 is 7.85. The Hall–Kier alpha value is -3.27. The van der Waals surface area contributed by atoms with Gasteiger partial charge in [-0.2, -0.15) is 9.78 Å². The van der Waals surface area contributed by atoms with E-state index < -0.39 is 4.92 Å². The Morgan fingerprint density at radius 3 is 2.49 bits per heavy atom. The number of benzene rings is 3. The normalized spacial score (nSPS) is 11.4. The molecule has 11 heteroatoms. The first-order chi connectivity index (χ1) is 17.8. The van der Waals surface area contributed by atoms with Crippen LogP contribution in [0.4, 0.5) is 5.69 Å². The molecule has 0 bridgehead atoms. The fourth-order valence-electron chi connectivity index (χ4n) is 3.60. The first kappa shape index (κ1) is 26.8. The summed E-state index contributed by atoms with van der Waals surface area (Å²) in [5.74, 6) is 0.843. The summed E-state index contributed by atoms with van der Waals surface area (Å²) in [6, 6.07) is 14.6. The predicted molar refractivity (Wildman–Crippen MR) is 149 cm³/mol. The fraction of sp³-hybridized carbons (Fsp3) is 0.192. The highest BCUT2D eigenvalue weighted by molar-refractivity contribution is 9.10. The lowest BCUT2D eigenvalue weighted by Gasteiger charge is -2.11. The molecule has 4 rings (SSSR count). The van der Waals surface area contributed by atoms with Gasteiger partial charge in [0.25, 0.3) is 11.2 Å². The maximum absolute atomic E-state index is 13.2. The average Bonchev–Trinajstić information content (AvgIpc) is 2.87. The lowest BCUT2D eigenvalue weighted by Crippen LogP contribution is -2.22. The number of hydrogen-bond acceptors (Lipinski definition) is 6. The molecule has 0 atom stereocenters. The fourth-order valence-corrected chi connectivity index (χ4v) is 4.57. The van der Waals surface area contributed by atoms with Gasteiger partial charge in [0.1, 0.15) is 12.4 Å². The van der Waals surface area contributed by atoms with Gasteiger partial charge in [-0.15, -0.1) is 0 Å². The maximum atomic E-state index is 13.2. The van der Waals surface area contributed by atoms with Gasteiger partial charge in [0.15, 0.2) is 5.75 Å². The number of fused-ring (bicyclic) bond motifs is 1. The summed E-state index contributed by atoms with van der Waals surface area (Å²) in [5.41, 5.74) is 1.63. The van der Waals surface area contributed by atoms with Crippen LogP contribution in [0.15, 0.2) is 69.0 Å². The van der Waals surface area contributed by atoms with Crippen molar-refractivity contribution in [3.05, 3.63) is 107 Å². The number of non-ortho nitro benzene ring substituents is 1. The van der Waals surface area contributed by atoms with Gasteiger partial charge in [-0.25, -0.2) is 4.98 Å². The van der Waals surface area contributed by atoms with E-state index in [0.717, 1.165) is 22.9 Å². The van der Waals surface area contributed by atoms with Gasteiger partial charge in [-0.1, -0.05) is 52.5 Å². The second-order valence-corrected chi connectivity index (χ2v) is 9.91. The highest BCUT2D eigenvalue weighted by Gasteiger charge is 2.13.